The summed E-state index contributed by atoms with van der Waals surface area (Å²) >= 11 is 4.95. The lowest BCUT2D eigenvalue weighted by Crippen LogP contribution is -2.14. The van der Waals surface area contributed by atoms with Crippen molar-refractivity contribution >= 4 is 17.2 Å². The maximum Gasteiger partial charge on any atom is 0.0730 e. The van der Waals surface area contributed by atoms with Crippen molar-refractivity contribution in [2.75, 3.05) is 0 Å². The average molecular weight is 235 g/mol. The van der Waals surface area contributed by atoms with Crippen LogP contribution in [0.4, 0.5) is 0 Å². The molecule has 0 aliphatic rings. The average Bonchev–Trinajstić information content (AvgIpc) is 2.09. The standard InChI is InChI=1S/C14H21NS/c1-9-5-11(3)13(12(4)6-9)7-10(2)8-14(15)16/h5-6,10H,7-8H2,1-4H3,(H2,15,16). The van der Waals surface area contributed by atoms with Crippen molar-refractivity contribution in [2.45, 2.75) is 40.5 Å². The van der Waals surface area contributed by atoms with E-state index in [1.54, 1.807) is 0 Å². The molecule has 0 saturated heterocycles. The van der Waals surface area contributed by atoms with Gasteiger partial charge in [-0.1, -0.05) is 36.8 Å². The van der Waals surface area contributed by atoms with Crippen LogP contribution in [0.2, 0.25) is 0 Å². The van der Waals surface area contributed by atoms with Gasteiger partial charge >= 0.3 is 0 Å². The van der Waals surface area contributed by atoms with Crippen molar-refractivity contribution in [3.8, 4) is 0 Å². The van der Waals surface area contributed by atoms with E-state index < -0.39 is 0 Å². The number of hydrogen-bond donors (Lipinski definition) is 1. The van der Waals surface area contributed by atoms with Gasteiger partial charge < -0.3 is 5.73 Å². The minimum atomic E-state index is 0.526. The van der Waals surface area contributed by atoms with E-state index in [9.17, 15) is 0 Å². The third-order valence-electron chi connectivity index (χ3n) is 2.94. The van der Waals surface area contributed by atoms with E-state index in [1.807, 2.05) is 0 Å². The Hall–Kier alpha value is -0.890. The number of thiocarbonyl (C=S) groups is 1. The van der Waals surface area contributed by atoms with Gasteiger partial charge in [-0.3, -0.25) is 0 Å². The van der Waals surface area contributed by atoms with Crippen molar-refractivity contribution in [2.24, 2.45) is 11.7 Å². The molecule has 1 unspecified atom stereocenters. The van der Waals surface area contributed by atoms with Gasteiger partial charge in [-0.2, -0.15) is 0 Å². The van der Waals surface area contributed by atoms with E-state index >= 15 is 0 Å². The summed E-state index contributed by atoms with van der Waals surface area (Å²) < 4.78 is 0. The predicted octanol–water partition coefficient (Wildman–Crippen LogP) is 3.47. The summed E-state index contributed by atoms with van der Waals surface area (Å²) in [7, 11) is 0. The van der Waals surface area contributed by atoms with Gasteiger partial charge in [0.05, 0.1) is 4.99 Å². The Morgan fingerprint density at radius 2 is 1.75 bits per heavy atom. The van der Waals surface area contributed by atoms with E-state index in [0.29, 0.717) is 10.9 Å². The van der Waals surface area contributed by atoms with E-state index in [4.69, 9.17) is 18.0 Å². The highest BCUT2D eigenvalue weighted by molar-refractivity contribution is 7.80. The van der Waals surface area contributed by atoms with Gasteiger partial charge in [-0.25, -0.2) is 0 Å². The summed E-state index contributed by atoms with van der Waals surface area (Å²) in [5.41, 5.74) is 11.1. The molecule has 0 heterocycles. The van der Waals surface area contributed by atoms with Crippen LogP contribution in [0.3, 0.4) is 0 Å². The molecule has 1 aromatic carbocycles. The molecule has 0 radical (unpaired) electrons. The molecule has 0 bridgehead atoms. The highest BCUT2D eigenvalue weighted by atomic mass is 32.1. The zero-order chi connectivity index (χ0) is 12.3. The molecule has 2 heteroatoms. The molecule has 88 valence electrons. The number of aryl methyl sites for hydroxylation is 3. The molecule has 0 amide bonds. The van der Waals surface area contributed by atoms with Crippen molar-refractivity contribution in [3.05, 3.63) is 34.4 Å². The SMILES string of the molecule is Cc1cc(C)c(CC(C)CC(N)=S)c(C)c1. The Bertz CT molecular complexity index is 373. The summed E-state index contributed by atoms with van der Waals surface area (Å²) in [5.74, 6) is 0.526. The van der Waals surface area contributed by atoms with Crippen LogP contribution in [0.5, 0.6) is 0 Å². The quantitative estimate of drug-likeness (QED) is 0.809. The van der Waals surface area contributed by atoms with Gasteiger partial charge in [-0.15, -0.1) is 0 Å². The van der Waals surface area contributed by atoms with Crippen LogP contribution < -0.4 is 5.73 Å². The number of nitrogens with two attached hydrogens (primary N) is 1. The summed E-state index contributed by atoms with van der Waals surface area (Å²) in [6, 6.07) is 4.49. The minimum Gasteiger partial charge on any atom is -0.393 e. The molecular weight excluding hydrogens is 214 g/mol. The van der Waals surface area contributed by atoms with E-state index in [1.165, 1.54) is 22.3 Å². The van der Waals surface area contributed by atoms with Gasteiger partial charge in [0.15, 0.2) is 0 Å². The van der Waals surface area contributed by atoms with Crippen molar-refractivity contribution < 1.29 is 0 Å². The van der Waals surface area contributed by atoms with Crippen LogP contribution in [-0.2, 0) is 6.42 Å². The molecule has 0 spiro atoms. The van der Waals surface area contributed by atoms with Gasteiger partial charge in [0.1, 0.15) is 0 Å². The van der Waals surface area contributed by atoms with Crippen LogP contribution in [0.25, 0.3) is 0 Å². The molecule has 0 fully saturated rings. The first kappa shape index (κ1) is 13.2. The normalized spacial score (nSPS) is 12.5. The number of rotatable bonds is 4. The minimum absolute atomic E-state index is 0.526. The van der Waals surface area contributed by atoms with Gasteiger partial charge in [0.2, 0.25) is 0 Å². The molecule has 1 nitrogen and oxygen atoms in total. The summed E-state index contributed by atoms with van der Waals surface area (Å²) in [5, 5.41) is 0. The molecule has 1 aromatic rings. The maximum atomic E-state index is 5.58. The molecule has 0 aromatic heterocycles. The lowest BCUT2D eigenvalue weighted by Gasteiger charge is -2.15. The number of hydrogen-bond acceptors (Lipinski definition) is 1. The van der Waals surface area contributed by atoms with Crippen molar-refractivity contribution in [3.63, 3.8) is 0 Å². The second-order valence-electron chi connectivity index (χ2n) is 4.86. The van der Waals surface area contributed by atoms with E-state index in [0.717, 1.165) is 12.8 Å². The lowest BCUT2D eigenvalue weighted by molar-refractivity contribution is 0.603. The van der Waals surface area contributed by atoms with Crippen LogP contribution >= 0.6 is 12.2 Å². The Morgan fingerprint density at radius 1 is 1.25 bits per heavy atom. The highest BCUT2D eigenvalue weighted by Crippen LogP contribution is 2.21. The largest absolute Gasteiger partial charge is 0.393 e. The Morgan fingerprint density at radius 3 is 2.19 bits per heavy atom. The Kier molecular flexibility index (Phi) is 4.48. The second-order valence-corrected chi connectivity index (χ2v) is 5.38. The molecule has 0 saturated carbocycles. The van der Waals surface area contributed by atoms with Crippen LogP contribution in [0.15, 0.2) is 12.1 Å². The zero-order valence-corrected chi connectivity index (χ0v) is 11.4. The smallest absolute Gasteiger partial charge is 0.0730 e. The Labute approximate surface area is 104 Å². The van der Waals surface area contributed by atoms with Gasteiger partial charge in [-0.05, 0) is 49.8 Å². The van der Waals surface area contributed by atoms with Gasteiger partial charge in [0.25, 0.3) is 0 Å². The molecule has 0 aliphatic heterocycles. The highest BCUT2D eigenvalue weighted by Gasteiger charge is 2.09. The van der Waals surface area contributed by atoms with Crippen molar-refractivity contribution in [1.29, 1.82) is 0 Å². The monoisotopic (exact) mass is 235 g/mol. The number of benzene rings is 1. The third-order valence-corrected chi connectivity index (χ3v) is 3.11. The molecule has 16 heavy (non-hydrogen) atoms. The third kappa shape index (κ3) is 3.60. The summed E-state index contributed by atoms with van der Waals surface area (Å²) in [6.07, 6.45) is 1.90. The van der Waals surface area contributed by atoms with Crippen LogP contribution in [0, 0.1) is 26.7 Å². The fourth-order valence-electron chi connectivity index (χ4n) is 2.30. The maximum absolute atomic E-state index is 5.58. The molecule has 0 aliphatic carbocycles. The Balaban J connectivity index is 2.85. The first-order valence-electron chi connectivity index (χ1n) is 5.75. The first-order valence-corrected chi connectivity index (χ1v) is 6.16. The van der Waals surface area contributed by atoms with Gasteiger partial charge in [0, 0.05) is 6.42 Å². The van der Waals surface area contributed by atoms with Crippen LogP contribution in [-0.4, -0.2) is 4.99 Å². The lowest BCUT2D eigenvalue weighted by atomic mass is 9.91. The first-order chi connectivity index (χ1) is 7.40. The van der Waals surface area contributed by atoms with E-state index in [2.05, 4.69) is 39.8 Å². The summed E-state index contributed by atoms with van der Waals surface area (Å²) in [6.45, 7) is 8.71. The molecular formula is C14H21NS. The fourth-order valence-corrected chi connectivity index (χ4v) is 2.58. The topological polar surface area (TPSA) is 26.0 Å². The van der Waals surface area contributed by atoms with E-state index in [-0.39, 0.29) is 0 Å². The van der Waals surface area contributed by atoms with Crippen LogP contribution in [0.1, 0.15) is 35.6 Å². The molecule has 1 rings (SSSR count). The molecule has 1 atom stereocenters. The summed E-state index contributed by atoms with van der Waals surface area (Å²) in [4.78, 5) is 0.620. The second kappa shape index (κ2) is 5.44. The zero-order valence-electron chi connectivity index (χ0n) is 10.6. The van der Waals surface area contributed by atoms with Crippen molar-refractivity contribution in [1.82, 2.24) is 0 Å². The fraction of sp³-hybridized carbons (Fsp3) is 0.500. The predicted molar refractivity (Wildman–Crippen MR) is 74.9 cm³/mol. The molecule has 2 N–H and O–H groups in total.